The smallest absolute Gasteiger partial charge is 0.255 e. The van der Waals surface area contributed by atoms with Crippen LogP contribution in [-0.2, 0) is 0 Å². The molecule has 1 amide bonds. The maximum Gasteiger partial charge on any atom is 0.255 e. The lowest BCUT2D eigenvalue weighted by Gasteiger charge is -2.18. The molecule has 0 saturated carbocycles. The third-order valence-corrected chi connectivity index (χ3v) is 3.72. The van der Waals surface area contributed by atoms with E-state index in [0.717, 1.165) is 18.8 Å². The van der Waals surface area contributed by atoms with Crippen LogP contribution in [0.25, 0.3) is 0 Å². The predicted molar refractivity (Wildman–Crippen MR) is 85.7 cm³/mol. The minimum Gasteiger partial charge on any atom is -0.372 e. The van der Waals surface area contributed by atoms with E-state index in [9.17, 15) is 4.79 Å². The van der Waals surface area contributed by atoms with Gasteiger partial charge >= 0.3 is 0 Å². The molecule has 0 spiro atoms. The van der Waals surface area contributed by atoms with E-state index in [1.54, 1.807) is 12.1 Å². The van der Waals surface area contributed by atoms with Crippen molar-refractivity contribution in [3.05, 3.63) is 66.6 Å². The number of hydrogen-bond donors (Lipinski definition) is 1. The average Bonchev–Trinajstić information content (AvgIpc) is 3.02. The number of nitrogens with one attached hydrogen (secondary N) is 1. The summed E-state index contributed by atoms with van der Waals surface area (Å²) in [5, 5.41) is 2.88. The van der Waals surface area contributed by atoms with Crippen LogP contribution in [0.4, 0.5) is 11.4 Å². The van der Waals surface area contributed by atoms with Crippen molar-refractivity contribution in [2.45, 2.75) is 12.8 Å². The minimum absolute atomic E-state index is 0.110. The summed E-state index contributed by atoms with van der Waals surface area (Å²) in [6, 6.07) is 15.0. The highest BCUT2D eigenvalue weighted by atomic mass is 16.1. The Morgan fingerprint density at radius 1 is 1.05 bits per heavy atom. The fourth-order valence-electron chi connectivity index (χ4n) is 2.64. The van der Waals surface area contributed by atoms with Gasteiger partial charge in [-0.1, -0.05) is 18.2 Å². The number of nitrogens with zero attached hydrogens (tertiary/aromatic N) is 1. The number of hydrogen-bond acceptors (Lipinski definition) is 2. The zero-order chi connectivity index (χ0) is 14.7. The van der Waals surface area contributed by atoms with Gasteiger partial charge in [0.15, 0.2) is 0 Å². The fraction of sp³-hybridized carbons (Fsp3) is 0.222. The first-order valence-corrected chi connectivity index (χ1v) is 7.24. The monoisotopic (exact) mass is 278 g/mol. The van der Waals surface area contributed by atoms with E-state index >= 15 is 0 Å². The molecule has 2 aromatic rings. The molecule has 1 N–H and O–H groups in total. The number of carbonyl (C=O) groups is 1. The maximum absolute atomic E-state index is 12.3. The summed E-state index contributed by atoms with van der Waals surface area (Å²) in [6.45, 7) is 7.86. The molecule has 21 heavy (non-hydrogen) atoms. The van der Waals surface area contributed by atoms with Crippen LogP contribution >= 0.6 is 0 Å². The molecule has 3 heteroatoms. The summed E-state index contributed by atoms with van der Waals surface area (Å²) >= 11 is 0. The van der Waals surface area contributed by atoms with Crippen LogP contribution in [0.1, 0.15) is 28.8 Å². The number of benzene rings is 2. The number of rotatable bonds is 3. The van der Waals surface area contributed by atoms with E-state index in [0.29, 0.717) is 16.8 Å². The lowest BCUT2D eigenvalue weighted by molar-refractivity contribution is 0.102. The second-order valence-electron chi connectivity index (χ2n) is 5.32. The molecule has 3 nitrogen and oxygen atoms in total. The topological polar surface area (TPSA) is 32.3 Å². The standard InChI is InChI=1S/C18H18N2O/c1-14-6-4-8-16(12-14)19-18(21)15-7-5-9-17(13-15)20-10-2-3-11-20/h1,4-9,12-13H,2-3,10-11H2,(H,19,21). The first-order valence-electron chi connectivity index (χ1n) is 7.24. The molecule has 1 aliphatic heterocycles. The summed E-state index contributed by atoms with van der Waals surface area (Å²) in [5.74, 6) is -0.110. The molecule has 2 radical (unpaired) electrons. The van der Waals surface area contributed by atoms with Crippen LogP contribution in [0.15, 0.2) is 48.5 Å². The largest absolute Gasteiger partial charge is 0.372 e. The van der Waals surface area contributed by atoms with Crippen LogP contribution in [0.5, 0.6) is 0 Å². The highest BCUT2D eigenvalue weighted by Crippen LogP contribution is 2.21. The van der Waals surface area contributed by atoms with Crippen molar-refractivity contribution in [1.29, 1.82) is 0 Å². The molecule has 0 aromatic heterocycles. The summed E-state index contributed by atoms with van der Waals surface area (Å²) in [6.07, 6.45) is 2.44. The third-order valence-electron chi connectivity index (χ3n) is 3.72. The van der Waals surface area contributed by atoms with Gasteiger partial charge in [0.05, 0.1) is 0 Å². The fourth-order valence-corrected chi connectivity index (χ4v) is 2.64. The van der Waals surface area contributed by atoms with E-state index in [1.165, 1.54) is 12.8 Å². The van der Waals surface area contributed by atoms with Crippen LogP contribution in [0.2, 0.25) is 0 Å². The molecule has 0 atom stereocenters. The lowest BCUT2D eigenvalue weighted by Crippen LogP contribution is -2.19. The van der Waals surface area contributed by atoms with Crippen molar-refractivity contribution < 1.29 is 4.79 Å². The zero-order valence-corrected chi connectivity index (χ0v) is 11.9. The Kier molecular flexibility index (Phi) is 3.91. The van der Waals surface area contributed by atoms with Gasteiger partial charge in [0.1, 0.15) is 0 Å². The van der Waals surface area contributed by atoms with Gasteiger partial charge in [-0.3, -0.25) is 4.79 Å². The van der Waals surface area contributed by atoms with E-state index in [1.807, 2.05) is 30.3 Å². The Hall–Kier alpha value is -2.29. The molecule has 0 bridgehead atoms. The van der Waals surface area contributed by atoms with Gasteiger partial charge in [0.25, 0.3) is 5.91 Å². The van der Waals surface area contributed by atoms with Crippen LogP contribution in [0.3, 0.4) is 0 Å². The second kappa shape index (κ2) is 6.00. The molecular formula is C18H18N2O. The van der Waals surface area contributed by atoms with Gasteiger partial charge in [-0.2, -0.15) is 0 Å². The molecule has 0 aliphatic carbocycles. The molecule has 1 saturated heterocycles. The third kappa shape index (κ3) is 3.24. The molecule has 1 aliphatic rings. The molecule has 2 aromatic carbocycles. The van der Waals surface area contributed by atoms with Gasteiger partial charge in [-0.15, -0.1) is 0 Å². The van der Waals surface area contributed by atoms with Gasteiger partial charge in [-0.05, 0) is 55.7 Å². The highest BCUT2D eigenvalue weighted by Gasteiger charge is 2.14. The number of amides is 1. The normalized spacial score (nSPS) is 14.2. The Balaban J connectivity index is 1.76. The van der Waals surface area contributed by atoms with Gasteiger partial charge < -0.3 is 10.2 Å². The number of anilines is 2. The first-order chi connectivity index (χ1) is 10.2. The highest BCUT2D eigenvalue weighted by molar-refractivity contribution is 6.04. The van der Waals surface area contributed by atoms with Crippen LogP contribution < -0.4 is 10.2 Å². The quantitative estimate of drug-likeness (QED) is 0.930. The zero-order valence-electron chi connectivity index (χ0n) is 11.9. The van der Waals surface area contributed by atoms with Crippen molar-refractivity contribution in [1.82, 2.24) is 0 Å². The van der Waals surface area contributed by atoms with E-state index < -0.39 is 0 Å². The summed E-state index contributed by atoms with van der Waals surface area (Å²) in [7, 11) is 0. The Morgan fingerprint density at radius 2 is 1.81 bits per heavy atom. The summed E-state index contributed by atoms with van der Waals surface area (Å²) in [4.78, 5) is 14.6. The van der Waals surface area contributed by atoms with Crippen molar-refractivity contribution in [3.63, 3.8) is 0 Å². The van der Waals surface area contributed by atoms with E-state index in [-0.39, 0.29) is 5.91 Å². The summed E-state index contributed by atoms with van der Waals surface area (Å²) in [5.41, 5.74) is 3.14. The Labute approximate surface area is 125 Å². The maximum atomic E-state index is 12.3. The Morgan fingerprint density at radius 3 is 2.57 bits per heavy atom. The number of carbonyl (C=O) groups excluding carboxylic acids is 1. The second-order valence-corrected chi connectivity index (χ2v) is 5.32. The van der Waals surface area contributed by atoms with Gasteiger partial charge in [0.2, 0.25) is 0 Å². The van der Waals surface area contributed by atoms with Crippen LogP contribution in [0, 0.1) is 6.92 Å². The predicted octanol–water partition coefficient (Wildman–Crippen LogP) is 3.60. The summed E-state index contributed by atoms with van der Waals surface area (Å²) < 4.78 is 0. The molecule has 1 fully saturated rings. The van der Waals surface area contributed by atoms with Crippen molar-refractivity contribution in [2.24, 2.45) is 0 Å². The molecule has 1 heterocycles. The van der Waals surface area contributed by atoms with Gasteiger partial charge in [0, 0.05) is 30.0 Å². The molecule has 106 valence electrons. The molecule has 3 rings (SSSR count). The van der Waals surface area contributed by atoms with Crippen LogP contribution in [-0.4, -0.2) is 19.0 Å². The van der Waals surface area contributed by atoms with Crippen molar-refractivity contribution in [3.8, 4) is 0 Å². The first kappa shape index (κ1) is 13.7. The van der Waals surface area contributed by atoms with Gasteiger partial charge in [-0.25, -0.2) is 0 Å². The van der Waals surface area contributed by atoms with Crippen molar-refractivity contribution >= 4 is 17.3 Å². The molecular weight excluding hydrogens is 260 g/mol. The van der Waals surface area contributed by atoms with Crippen molar-refractivity contribution in [2.75, 3.05) is 23.3 Å². The minimum atomic E-state index is -0.110. The molecule has 0 unspecified atom stereocenters. The Bertz CT molecular complexity index is 645. The van der Waals surface area contributed by atoms with E-state index in [2.05, 4.69) is 16.3 Å². The SMILES string of the molecule is [CH]c1cccc(NC(=O)c2cccc(N3CCCC3)c2)c1. The van der Waals surface area contributed by atoms with E-state index in [4.69, 9.17) is 6.92 Å². The average molecular weight is 278 g/mol. The lowest BCUT2D eigenvalue weighted by atomic mass is 10.1.